The molecule has 0 saturated heterocycles. The minimum atomic E-state index is 0.383. The summed E-state index contributed by atoms with van der Waals surface area (Å²) in [7, 11) is 0. The molecule has 17 heavy (non-hydrogen) atoms. The number of anilines is 1. The molecule has 2 rings (SSSR count). The second-order valence-electron chi connectivity index (χ2n) is 3.45. The number of nitrogens with zero attached hydrogens (tertiary/aromatic N) is 3. The average Bonchev–Trinajstić information content (AvgIpc) is 2.32. The summed E-state index contributed by atoms with van der Waals surface area (Å²) < 4.78 is 0. The number of halogens is 1. The fourth-order valence-electron chi connectivity index (χ4n) is 1.29. The molecule has 5 heteroatoms. The van der Waals surface area contributed by atoms with E-state index in [1.807, 2.05) is 31.2 Å². The number of hydrazone groups is 1. The number of benzene rings is 1. The Kier molecular flexibility index (Phi) is 3.67. The monoisotopic (exact) mass is 246 g/mol. The molecular weight excluding hydrogens is 236 g/mol. The molecular formula is C12H11ClN4. The summed E-state index contributed by atoms with van der Waals surface area (Å²) in [6.07, 6.45) is 3.12. The molecule has 0 fully saturated rings. The van der Waals surface area contributed by atoms with Gasteiger partial charge in [0.05, 0.1) is 6.21 Å². The number of aryl methyl sites for hydroxylation is 1. The van der Waals surface area contributed by atoms with Gasteiger partial charge in [-0.3, -0.25) is 5.43 Å². The lowest BCUT2D eigenvalue weighted by Gasteiger charge is -2.00. The number of hydrogen-bond donors (Lipinski definition) is 1. The third-order valence-electron chi connectivity index (χ3n) is 2.20. The Bertz CT molecular complexity index is 540. The van der Waals surface area contributed by atoms with E-state index in [2.05, 4.69) is 20.5 Å². The molecule has 4 nitrogen and oxygen atoms in total. The Hall–Kier alpha value is -1.94. The molecule has 0 spiro atoms. The second-order valence-corrected chi connectivity index (χ2v) is 3.84. The van der Waals surface area contributed by atoms with E-state index in [1.165, 1.54) is 11.9 Å². The maximum atomic E-state index is 5.72. The van der Waals surface area contributed by atoms with Gasteiger partial charge in [-0.2, -0.15) is 5.10 Å². The maximum Gasteiger partial charge on any atom is 0.151 e. The van der Waals surface area contributed by atoms with Gasteiger partial charge in [0.25, 0.3) is 0 Å². The fourth-order valence-corrected chi connectivity index (χ4v) is 1.44. The molecule has 0 aliphatic heterocycles. The summed E-state index contributed by atoms with van der Waals surface area (Å²) in [5.41, 5.74) is 5.02. The van der Waals surface area contributed by atoms with Crippen molar-refractivity contribution in [1.82, 2.24) is 9.97 Å². The van der Waals surface area contributed by atoms with Gasteiger partial charge in [0.1, 0.15) is 11.5 Å². The van der Waals surface area contributed by atoms with E-state index in [0.717, 1.165) is 5.56 Å². The lowest BCUT2D eigenvalue weighted by atomic mass is 10.1. The summed E-state index contributed by atoms with van der Waals surface area (Å²) in [6, 6.07) is 9.59. The van der Waals surface area contributed by atoms with Crippen LogP contribution in [0.5, 0.6) is 0 Å². The van der Waals surface area contributed by atoms with Gasteiger partial charge < -0.3 is 0 Å². The molecule has 0 aliphatic rings. The van der Waals surface area contributed by atoms with Crippen molar-refractivity contribution in [2.45, 2.75) is 6.92 Å². The molecule has 86 valence electrons. The molecule has 0 unspecified atom stereocenters. The van der Waals surface area contributed by atoms with Gasteiger partial charge in [-0.1, -0.05) is 35.9 Å². The highest BCUT2D eigenvalue weighted by molar-refractivity contribution is 6.29. The Morgan fingerprint density at radius 2 is 2.12 bits per heavy atom. The Balaban J connectivity index is 2.06. The minimum absolute atomic E-state index is 0.383. The first-order valence-corrected chi connectivity index (χ1v) is 5.46. The number of rotatable bonds is 3. The van der Waals surface area contributed by atoms with Crippen molar-refractivity contribution in [1.29, 1.82) is 0 Å². The SMILES string of the molecule is Cc1ccccc1C=NNc1cc(Cl)ncn1. The van der Waals surface area contributed by atoms with Crippen LogP contribution in [0.4, 0.5) is 5.82 Å². The Morgan fingerprint density at radius 3 is 2.88 bits per heavy atom. The number of nitrogens with one attached hydrogen (secondary N) is 1. The molecule has 1 aromatic heterocycles. The van der Waals surface area contributed by atoms with Crippen LogP contribution >= 0.6 is 11.6 Å². The highest BCUT2D eigenvalue weighted by Gasteiger charge is 1.94. The van der Waals surface area contributed by atoms with E-state index in [-0.39, 0.29) is 0 Å². The first kappa shape index (κ1) is 11.5. The van der Waals surface area contributed by atoms with Gasteiger partial charge in [-0.15, -0.1) is 0 Å². The molecule has 0 radical (unpaired) electrons. The highest BCUT2D eigenvalue weighted by atomic mass is 35.5. The number of aromatic nitrogens is 2. The predicted molar refractivity (Wildman–Crippen MR) is 69.4 cm³/mol. The smallest absolute Gasteiger partial charge is 0.151 e. The highest BCUT2D eigenvalue weighted by Crippen LogP contribution is 2.08. The van der Waals surface area contributed by atoms with Crippen molar-refractivity contribution in [3.05, 3.63) is 52.9 Å². The molecule has 2 aromatic rings. The minimum Gasteiger partial charge on any atom is -0.261 e. The molecule has 1 heterocycles. The summed E-state index contributed by atoms with van der Waals surface area (Å²) in [5.74, 6) is 0.565. The van der Waals surface area contributed by atoms with Crippen LogP contribution in [0.3, 0.4) is 0 Å². The van der Waals surface area contributed by atoms with Crippen LogP contribution in [0.2, 0.25) is 5.15 Å². The van der Waals surface area contributed by atoms with E-state index in [1.54, 1.807) is 12.3 Å². The zero-order valence-corrected chi connectivity index (χ0v) is 10.0. The van der Waals surface area contributed by atoms with Gasteiger partial charge in [0.15, 0.2) is 5.82 Å². The summed E-state index contributed by atoms with van der Waals surface area (Å²) in [5, 5.41) is 4.47. The zero-order chi connectivity index (χ0) is 12.1. The topological polar surface area (TPSA) is 50.2 Å². The molecule has 1 N–H and O–H groups in total. The lowest BCUT2D eigenvalue weighted by molar-refractivity contribution is 1.14. The van der Waals surface area contributed by atoms with Crippen LogP contribution in [-0.2, 0) is 0 Å². The fraction of sp³-hybridized carbons (Fsp3) is 0.0833. The predicted octanol–water partition coefficient (Wildman–Crippen LogP) is 2.88. The van der Waals surface area contributed by atoms with Gasteiger partial charge in [0.2, 0.25) is 0 Å². The average molecular weight is 247 g/mol. The third-order valence-corrected chi connectivity index (χ3v) is 2.41. The van der Waals surface area contributed by atoms with Crippen LogP contribution in [0.15, 0.2) is 41.8 Å². The van der Waals surface area contributed by atoms with E-state index >= 15 is 0 Å². The van der Waals surface area contributed by atoms with Crippen LogP contribution in [0, 0.1) is 6.92 Å². The van der Waals surface area contributed by atoms with E-state index in [0.29, 0.717) is 11.0 Å². The molecule has 0 bridgehead atoms. The van der Waals surface area contributed by atoms with E-state index in [4.69, 9.17) is 11.6 Å². The molecule has 0 atom stereocenters. The molecule has 0 saturated carbocycles. The van der Waals surface area contributed by atoms with Crippen LogP contribution in [-0.4, -0.2) is 16.2 Å². The van der Waals surface area contributed by atoms with Crippen molar-refractivity contribution in [2.75, 3.05) is 5.43 Å². The van der Waals surface area contributed by atoms with Gasteiger partial charge in [-0.05, 0) is 18.1 Å². The quantitative estimate of drug-likeness (QED) is 0.515. The molecule has 0 amide bonds. The van der Waals surface area contributed by atoms with E-state index < -0.39 is 0 Å². The van der Waals surface area contributed by atoms with Crippen LogP contribution < -0.4 is 5.43 Å². The van der Waals surface area contributed by atoms with Gasteiger partial charge in [0, 0.05) is 6.07 Å². The Morgan fingerprint density at radius 1 is 1.29 bits per heavy atom. The standard InChI is InChI=1S/C12H11ClN4/c1-9-4-2-3-5-10(9)7-16-17-12-6-11(13)14-8-15-12/h2-8H,1H3,(H,14,15,17). The van der Waals surface area contributed by atoms with Crippen molar-refractivity contribution in [2.24, 2.45) is 5.10 Å². The third kappa shape index (κ3) is 3.26. The number of hydrogen-bond acceptors (Lipinski definition) is 4. The van der Waals surface area contributed by atoms with Crippen molar-refractivity contribution in [3.63, 3.8) is 0 Å². The van der Waals surface area contributed by atoms with Gasteiger partial charge >= 0.3 is 0 Å². The van der Waals surface area contributed by atoms with Crippen molar-refractivity contribution >= 4 is 23.6 Å². The Labute approximate surface area is 104 Å². The largest absolute Gasteiger partial charge is 0.261 e. The van der Waals surface area contributed by atoms with Crippen molar-refractivity contribution in [3.8, 4) is 0 Å². The maximum absolute atomic E-state index is 5.72. The first-order valence-electron chi connectivity index (χ1n) is 5.08. The normalized spacial score (nSPS) is 10.7. The summed E-state index contributed by atoms with van der Waals surface area (Å²) in [6.45, 7) is 2.03. The lowest BCUT2D eigenvalue weighted by Crippen LogP contribution is -1.95. The van der Waals surface area contributed by atoms with Crippen LogP contribution in [0.1, 0.15) is 11.1 Å². The van der Waals surface area contributed by atoms with Crippen LogP contribution in [0.25, 0.3) is 0 Å². The molecule has 0 aliphatic carbocycles. The second kappa shape index (κ2) is 5.41. The zero-order valence-electron chi connectivity index (χ0n) is 9.26. The van der Waals surface area contributed by atoms with Crippen molar-refractivity contribution < 1.29 is 0 Å². The summed E-state index contributed by atoms with van der Waals surface area (Å²) >= 11 is 5.72. The molecule has 1 aromatic carbocycles. The van der Waals surface area contributed by atoms with Gasteiger partial charge in [-0.25, -0.2) is 9.97 Å². The first-order chi connectivity index (χ1) is 8.25. The van der Waals surface area contributed by atoms with E-state index in [9.17, 15) is 0 Å². The summed E-state index contributed by atoms with van der Waals surface area (Å²) in [4.78, 5) is 7.76.